The summed E-state index contributed by atoms with van der Waals surface area (Å²) in [6.45, 7) is 1.93. The minimum atomic E-state index is -0.228. The highest BCUT2D eigenvalue weighted by Gasteiger charge is 2.29. The van der Waals surface area contributed by atoms with Crippen molar-refractivity contribution in [3.63, 3.8) is 0 Å². The maximum absolute atomic E-state index is 12.4. The van der Waals surface area contributed by atoms with Crippen LogP contribution in [0.5, 0.6) is 0 Å². The Bertz CT molecular complexity index is 844. The van der Waals surface area contributed by atoms with Crippen molar-refractivity contribution in [1.29, 1.82) is 0 Å². The number of anilines is 1. The van der Waals surface area contributed by atoms with E-state index in [0.717, 1.165) is 31.2 Å². The Labute approximate surface area is 170 Å². The standard InChI is InChI=1S/C21H25ClN4O2/c1-14(27)26(20-5-3-2-4-19(20)23)13-16-12-17(6-7-18(16)22)25-21(28)15-8-10-24-11-9-15/h6-12,19-20H,2-5,13,23H2,1H3,(H,25,28). The molecule has 2 amide bonds. The predicted octanol–water partition coefficient (Wildman–Crippen LogP) is 3.61. The van der Waals surface area contributed by atoms with E-state index in [1.807, 2.05) is 6.07 Å². The monoisotopic (exact) mass is 400 g/mol. The predicted molar refractivity (Wildman–Crippen MR) is 110 cm³/mol. The topological polar surface area (TPSA) is 88.3 Å². The first-order valence-electron chi connectivity index (χ1n) is 9.48. The Morgan fingerprint density at radius 3 is 2.61 bits per heavy atom. The molecule has 3 rings (SSSR count). The van der Waals surface area contributed by atoms with Gasteiger partial charge in [-0.2, -0.15) is 0 Å². The minimum absolute atomic E-state index is 0.0115. The third-order valence-corrected chi connectivity index (χ3v) is 5.54. The van der Waals surface area contributed by atoms with Crippen LogP contribution in [-0.2, 0) is 11.3 Å². The van der Waals surface area contributed by atoms with E-state index in [-0.39, 0.29) is 23.9 Å². The third kappa shape index (κ3) is 4.88. The summed E-state index contributed by atoms with van der Waals surface area (Å²) < 4.78 is 0. The smallest absolute Gasteiger partial charge is 0.255 e. The Morgan fingerprint density at radius 2 is 1.93 bits per heavy atom. The summed E-state index contributed by atoms with van der Waals surface area (Å²) in [7, 11) is 0. The van der Waals surface area contributed by atoms with Crippen molar-refractivity contribution in [2.45, 2.75) is 51.2 Å². The Balaban J connectivity index is 1.78. The maximum Gasteiger partial charge on any atom is 0.255 e. The lowest BCUT2D eigenvalue weighted by atomic mass is 9.89. The van der Waals surface area contributed by atoms with E-state index in [9.17, 15) is 9.59 Å². The number of carbonyl (C=O) groups is 2. The highest BCUT2D eigenvalue weighted by Crippen LogP contribution is 2.27. The molecule has 0 spiro atoms. The van der Waals surface area contributed by atoms with Gasteiger partial charge in [0.2, 0.25) is 5.91 Å². The number of rotatable bonds is 5. The first kappa shape index (κ1) is 20.3. The molecule has 1 aliphatic carbocycles. The fraction of sp³-hybridized carbons (Fsp3) is 0.381. The Hall–Kier alpha value is -2.44. The second-order valence-corrected chi connectivity index (χ2v) is 7.57. The van der Waals surface area contributed by atoms with Crippen LogP contribution in [0.25, 0.3) is 0 Å². The highest BCUT2D eigenvalue weighted by atomic mass is 35.5. The van der Waals surface area contributed by atoms with Gasteiger partial charge in [-0.25, -0.2) is 0 Å². The fourth-order valence-electron chi connectivity index (χ4n) is 3.65. The van der Waals surface area contributed by atoms with Gasteiger partial charge < -0.3 is 16.0 Å². The molecule has 1 aliphatic rings. The summed E-state index contributed by atoms with van der Waals surface area (Å²) in [6, 6.07) is 8.57. The molecule has 0 radical (unpaired) electrons. The second-order valence-electron chi connectivity index (χ2n) is 7.16. The van der Waals surface area contributed by atoms with Crippen LogP contribution in [0.15, 0.2) is 42.7 Å². The van der Waals surface area contributed by atoms with Crippen LogP contribution in [0.4, 0.5) is 5.69 Å². The van der Waals surface area contributed by atoms with Gasteiger partial charge in [0.05, 0.1) is 0 Å². The van der Waals surface area contributed by atoms with Crippen molar-refractivity contribution in [2.24, 2.45) is 5.73 Å². The van der Waals surface area contributed by atoms with Crippen LogP contribution in [0.2, 0.25) is 5.02 Å². The minimum Gasteiger partial charge on any atom is -0.334 e. The first-order valence-corrected chi connectivity index (χ1v) is 9.86. The number of hydrogen-bond acceptors (Lipinski definition) is 4. The lowest BCUT2D eigenvalue weighted by Crippen LogP contribution is -2.51. The van der Waals surface area contributed by atoms with Gasteiger partial charge in [0.25, 0.3) is 5.91 Å². The van der Waals surface area contributed by atoms with Crippen LogP contribution in [-0.4, -0.2) is 33.8 Å². The number of benzene rings is 1. The van der Waals surface area contributed by atoms with Gasteiger partial charge >= 0.3 is 0 Å². The molecule has 0 aliphatic heterocycles. The summed E-state index contributed by atoms with van der Waals surface area (Å²) in [5, 5.41) is 3.42. The maximum atomic E-state index is 12.4. The van der Waals surface area contributed by atoms with E-state index in [0.29, 0.717) is 22.8 Å². The molecular weight excluding hydrogens is 376 g/mol. The van der Waals surface area contributed by atoms with Crippen molar-refractivity contribution in [1.82, 2.24) is 9.88 Å². The average Bonchev–Trinajstić information content (AvgIpc) is 2.69. The number of halogens is 1. The fourth-order valence-corrected chi connectivity index (χ4v) is 3.83. The summed E-state index contributed by atoms with van der Waals surface area (Å²) in [6.07, 6.45) is 7.13. The molecule has 0 saturated heterocycles. The zero-order valence-corrected chi connectivity index (χ0v) is 16.7. The number of carbonyl (C=O) groups excluding carboxylic acids is 2. The highest BCUT2D eigenvalue weighted by molar-refractivity contribution is 6.31. The molecular formula is C21H25ClN4O2. The molecule has 2 unspecified atom stereocenters. The number of amides is 2. The Morgan fingerprint density at radius 1 is 1.21 bits per heavy atom. The largest absolute Gasteiger partial charge is 0.334 e. The van der Waals surface area contributed by atoms with Gasteiger partial charge in [0, 0.05) is 54.2 Å². The van der Waals surface area contributed by atoms with Crippen LogP contribution in [0.1, 0.15) is 48.5 Å². The molecule has 0 bridgehead atoms. The van der Waals surface area contributed by atoms with Gasteiger partial charge in [-0.05, 0) is 48.7 Å². The summed E-state index contributed by atoms with van der Waals surface area (Å²) in [4.78, 5) is 30.4. The molecule has 6 nitrogen and oxygen atoms in total. The van der Waals surface area contributed by atoms with Crippen LogP contribution < -0.4 is 11.1 Å². The molecule has 1 fully saturated rings. The van der Waals surface area contributed by atoms with Crippen LogP contribution in [0, 0.1) is 0 Å². The van der Waals surface area contributed by atoms with Crippen molar-refractivity contribution < 1.29 is 9.59 Å². The Kier molecular flexibility index (Phi) is 6.65. The number of nitrogens with one attached hydrogen (secondary N) is 1. The van der Waals surface area contributed by atoms with Crippen molar-refractivity contribution in [2.75, 3.05) is 5.32 Å². The summed E-state index contributed by atoms with van der Waals surface area (Å²) in [5.41, 5.74) is 8.20. The van der Waals surface area contributed by atoms with Gasteiger partial charge in [-0.3, -0.25) is 14.6 Å². The number of nitrogens with zero attached hydrogens (tertiary/aromatic N) is 2. The van der Waals surface area contributed by atoms with E-state index in [2.05, 4.69) is 10.3 Å². The molecule has 1 aromatic heterocycles. The van der Waals surface area contributed by atoms with Gasteiger partial charge in [0.1, 0.15) is 0 Å². The van der Waals surface area contributed by atoms with Crippen LogP contribution in [0.3, 0.4) is 0 Å². The first-order chi connectivity index (χ1) is 13.5. The third-order valence-electron chi connectivity index (χ3n) is 5.17. The summed E-state index contributed by atoms with van der Waals surface area (Å²) >= 11 is 6.38. The van der Waals surface area contributed by atoms with E-state index in [1.165, 1.54) is 0 Å². The quantitative estimate of drug-likeness (QED) is 0.802. The molecule has 28 heavy (non-hydrogen) atoms. The molecule has 2 atom stereocenters. The molecule has 3 N–H and O–H groups in total. The van der Waals surface area contributed by atoms with E-state index < -0.39 is 0 Å². The number of aromatic nitrogens is 1. The van der Waals surface area contributed by atoms with Crippen molar-refractivity contribution in [3.05, 3.63) is 58.9 Å². The second kappa shape index (κ2) is 9.17. The van der Waals surface area contributed by atoms with E-state index in [1.54, 1.807) is 48.5 Å². The van der Waals surface area contributed by atoms with E-state index >= 15 is 0 Å². The van der Waals surface area contributed by atoms with Crippen LogP contribution >= 0.6 is 11.6 Å². The van der Waals surface area contributed by atoms with E-state index in [4.69, 9.17) is 17.3 Å². The molecule has 7 heteroatoms. The normalized spacial score (nSPS) is 19.1. The van der Waals surface area contributed by atoms with Crippen molar-refractivity contribution in [3.8, 4) is 0 Å². The average molecular weight is 401 g/mol. The lowest BCUT2D eigenvalue weighted by molar-refractivity contribution is -0.133. The number of nitrogens with two attached hydrogens (primary N) is 1. The zero-order chi connectivity index (χ0) is 20.1. The van der Waals surface area contributed by atoms with Gasteiger partial charge in [0.15, 0.2) is 0 Å². The van der Waals surface area contributed by atoms with Crippen molar-refractivity contribution >= 4 is 29.1 Å². The van der Waals surface area contributed by atoms with Gasteiger partial charge in [-0.15, -0.1) is 0 Å². The molecule has 148 valence electrons. The number of pyridine rings is 1. The molecule has 1 aromatic carbocycles. The van der Waals surface area contributed by atoms with Gasteiger partial charge in [-0.1, -0.05) is 24.4 Å². The SMILES string of the molecule is CC(=O)N(Cc1cc(NC(=O)c2ccncc2)ccc1Cl)C1CCCCC1N. The molecule has 1 saturated carbocycles. The summed E-state index contributed by atoms with van der Waals surface area (Å²) in [5.74, 6) is -0.252. The lowest BCUT2D eigenvalue weighted by Gasteiger charge is -2.38. The molecule has 2 aromatic rings. The number of hydrogen-bond donors (Lipinski definition) is 2. The zero-order valence-electron chi connectivity index (χ0n) is 15.9. The molecule has 1 heterocycles.